The van der Waals surface area contributed by atoms with Crippen molar-refractivity contribution >= 4 is 33.2 Å². The molecule has 0 aliphatic carbocycles. The van der Waals surface area contributed by atoms with E-state index in [4.69, 9.17) is 0 Å². The SMILES string of the molecule is Cc1ccc(N2C[C@@H](C(=O)Nc3ccc(S(=O)(=O)NCCc4ccccc4)cc3)CC2=O)cc1. The zero-order valence-electron chi connectivity index (χ0n) is 18.9. The van der Waals surface area contributed by atoms with Crippen LogP contribution in [0.15, 0.2) is 83.8 Å². The predicted molar refractivity (Wildman–Crippen MR) is 132 cm³/mol. The van der Waals surface area contributed by atoms with Crippen molar-refractivity contribution in [1.29, 1.82) is 0 Å². The summed E-state index contributed by atoms with van der Waals surface area (Å²) in [5.41, 5.74) is 3.41. The number of sulfonamides is 1. The van der Waals surface area contributed by atoms with Gasteiger partial charge >= 0.3 is 0 Å². The van der Waals surface area contributed by atoms with Crippen molar-refractivity contribution < 1.29 is 18.0 Å². The zero-order chi connectivity index (χ0) is 24.1. The molecule has 0 radical (unpaired) electrons. The van der Waals surface area contributed by atoms with E-state index in [0.717, 1.165) is 16.8 Å². The van der Waals surface area contributed by atoms with Gasteiger partial charge in [0.25, 0.3) is 0 Å². The minimum Gasteiger partial charge on any atom is -0.326 e. The van der Waals surface area contributed by atoms with E-state index < -0.39 is 15.9 Å². The molecule has 0 aromatic heterocycles. The second kappa shape index (κ2) is 10.2. The summed E-state index contributed by atoms with van der Waals surface area (Å²) < 4.78 is 27.7. The van der Waals surface area contributed by atoms with E-state index in [9.17, 15) is 18.0 Å². The number of anilines is 2. The maximum atomic E-state index is 12.7. The first-order valence-corrected chi connectivity index (χ1v) is 12.6. The number of amides is 2. The van der Waals surface area contributed by atoms with Gasteiger partial charge in [-0.1, -0.05) is 48.0 Å². The highest BCUT2D eigenvalue weighted by molar-refractivity contribution is 7.89. The van der Waals surface area contributed by atoms with Gasteiger partial charge in [0.05, 0.1) is 10.8 Å². The number of hydrogen-bond acceptors (Lipinski definition) is 4. The minimum absolute atomic E-state index is 0.0907. The maximum absolute atomic E-state index is 12.7. The summed E-state index contributed by atoms with van der Waals surface area (Å²) in [5, 5.41) is 2.80. The first-order valence-electron chi connectivity index (χ1n) is 11.1. The maximum Gasteiger partial charge on any atom is 0.240 e. The summed E-state index contributed by atoms with van der Waals surface area (Å²) >= 11 is 0. The number of benzene rings is 3. The van der Waals surface area contributed by atoms with E-state index >= 15 is 0 Å². The summed E-state index contributed by atoms with van der Waals surface area (Å²) in [6.07, 6.45) is 0.728. The number of carbonyl (C=O) groups excluding carboxylic acids is 2. The van der Waals surface area contributed by atoms with Crippen LogP contribution in [0.1, 0.15) is 17.5 Å². The van der Waals surface area contributed by atoms with Crippen LogP contribution >= 0.6 is 0 Å². The highest BCUT2D eigenvalue weighted by atomic mass is 32.2. The van der Waals surface area contributed by atoms with Crippen LogP contribution in [0, 0.1) is 12.8 Å². The molecule has 1 fully saturated rings. The number of nitrogens with zero attached hydrogens (tertiary/aromatic N) is 1. The average molecular weight is 478 g/mol. The van der Waals surface area contributed by atoms with Crippen molar-refractivity contribution in [2.45, 2.75) is 24.7 Å². The molecule has 176 valence electrons. The molecular weight excluding hydrogens is 450 g/mol. The topological polar surface area (TPSA) is 95.6 Å². The molecule has 0 spiro atoms. The molecule has 1 atom stereocenters. The Bertz CT molecular complexity index is 1260. The van der Waals surface area contributed by atoms with Crippen molar-refractivity contribution in [2.24, 2.45) is 5.92 Å². The monoisotopic (exact) mass is 477 g/mol. The van der Waals surface area contributed by atoms with Crippen LogP contribution in [0.5, 0.6) is 0 Å². The molecule has 4 rings (SSSR count). The van der Waals surface area contributed by atoms with Crippen molar-refractivity contribution in [3.63, 3.8) is 0 Å². The van der Waals surface area contributed by atoms with Crippen LogP contribution in [0.25, 0.3) is 0 Å². The van der Waals surface area contributed by atoms with Crippen LogP contribution < -0.4 is 14.9 Å². The molecule has 3 aromatic carbocycles. The summed E-state index contributed by atoms with van der Waals surface area (Å²) in [5.74, 6) is -0.830. The average Bonchev–Trinajstić information content (AvgIpc) is 3.22. The number of nitrogens with one attached hydrogen (secondary N) is 2. The molecule has 7 nitrogen and oxygen atoms in total. The summed E-state index contributed by atoms with van der Waals surface area (Å²) in [4.78, 5) is 26.9. The number of aryl methyl sites for hydroxylation is 1. The van der Waals surface area contributed by atoms with E-state index in [0.29, 0.717) is 18.7 Å². The molecule has 1 saturated heterocycles. The molecule has 0 unspecified atom stereocenters. The van der Waals surface area contributed by atoms with Gasteiger partial charge in [-0.3, -0.25) is 9.59 Å². The minimum atomic E-state index is -3.65. The molecule has 1 aliphatic heterocycles. The molecule has 0 saturated carbocycles. The third-order valence-corrected chi connectivity index (χ3v) is 7.30. The van der Waals surface area contributed by atoms with Gasteiger partial charge in [0, 0.05) is 30.9 Å². The first-order chi connectivity index (χ1) is 16.3. The van der Waals surface area contributed by atoms with Gasteiger partial charge < -0.3 is 10.2 Å². The quantitative estimate of drug-likeness (QED) is 0.519. The van der Waals surface area contributed by atoms with Crippen LogP contribution in [-0.2, 0) is 26.0 Å². The first kappa shape index (κ1) is 23.7. The Morgan fingerprint density at radius 1 is 0.971 bits per heavy atom. The van der Waals surface area contributed by atoms with Crippen molar-refractivity contribution in [1.82, 2.24) is 4.72 Å². The van der Waals surface area contributed by atoms with E-state index in [1.165, 1.54) is 12.1 Å². The van der Waals surface area contributed by atoms with Crippen LogP contribution in [0.4, 0.5) is 11.4 Å². The molecule has 2 N–H and O–H groups in total. The second-order valence-electron chi connectivity index (χ2n) is 8.39. The van der Waals surface area contributed by atoms with Gasteiger partial charge in [-0.15, -0.1) is 0 Å². The van der Waals surface area contributed by atoms with E-state index in [2.05, 4.69) is 10.0 Å². The van der Waals surface area contributed by atoms with E-state index in [1.54, 1.807) is 17.0 Å². The lowest BCUT2D eigenvalue weighted by Crippen LogP contribution is -2.28. The second-order valence-corrected chi connectivity index (χ2v) is 10.2. The van der Waals surface area contributed by atoms with Gasteiger partial charge in [0.1, 0.15) is 0 Å². The van der Waals surface area contributed by atoms with Crippen molar-refractivity contribution in [3.8, 4) is 0 Å². The largest absolute Gasteiger partial charge is 0.326 e. The van der Waals surface area contributed by atoms with Gasteiger partial charge in [-0.2, -0.15) is 0 Å². The van der Waals surface area contributed by atoms with Crippen LogP contribution in [0.2, 0.25) is 0 Å². The fourth-order valence-electron chi connectivity index (χ4n) is 3.88. The van der Waals surface area contributed by atoms with Gasteiger partial charge in [-0.25, -0.2) is 13.1 Å². The molecule has 0 bridgehead atoms. The van der Waals surface area contributed by atoms with Crippen LogP contribution in [0.3, 0.4) is 0 Å². The molecule has 34 heavy (non-hydrogen) atoms. The molecule has 3 aromatic rings. The van der Waals surface area contributed by atoms with E-state index in [-0.39, 0.29) is 29.7 Å². The van der Waals surface area contributed by atoms with Gasteiger partial charge in [0.2, 0.25) is 21.8 Å². The van der Waals surface area contributed by atoms with Gasteiger partial charge in [-0.05, 0) is 55.3 Å². The molecule has 2 amide bonds. The number of carbonyl (C=O) groups is 2. The molecule has 1 heterocycles. The normalized spacial score (nSPS) is 16.0. The van der Waals surface area contributed by atoms with Crippen molar-refractivity contribution in [3.05, 3.63) is 90.0 Å². The Balaban J connectivity index is 1.32. The summed E-state index contributed by atoms with van der Waals surface area (Å²) in [7, 11) is -3.65. The summed E-state index contributed by atoms with van der Waals surface area (Å²) in [6.45, 7) is 2.58. The molecule has 1 aliphatic rings. The molecule has 8 heteroatoms. The standard InChI is InChI=1S/C26H27N3O4S/c1-19-7-11-23(12-8-19)29-18-21(17-25(29)30)26(31)28-22-9-13-24(14-10-22)34(32,33)27-16-15-20-5-3-2-4-6-20/h2-14,21,27H,15-18H2,1H3,(H,28,31)/t21-/m0/s1. The highest BCUT2D eigenvalue weighted by Gasteiger charge is 2.35. The highest BCUT2D eigenvalue weighted by Crippen LogP contribution is 2.26. The Hall–Kier alpha value is -3.49. The molecular formula is C26H27N3O4S. The number of hydrogen-bond donors (Lipinski definition) is 2. The Labute approximate surface area is 199 Å². The van der Waals surface area contributed by atoms with Gasteiger partial charge in [0.15, 0.2) is 0 Å². The Morgan fingerprint density at radius 3 is 2.32 bits per heavy atom. The number of rotatable bonds is 8. The fraction of sp³-hybridized carbons (Fsp3) is 0.231. The third kappa shape index (κ3) is 5.70. The predicted octanol–water partition coefficient (Wildman–Crippen LogP) is 3.51. The smallest absolute Gasteiger partial charge is 0.240 e. The Morgan fingerprint density at radius 2 is 1.65 bits per heavy atom. The lowest BCUT2D eigenvalue weighted by molar-refractivity contribution is -0.122. The third-order valence-electron chi connectivity index (χ3n) is 5.82. The van der Waals surface area contributed by atoms with Crippen LogP contribution in [-0.4, -0.2) is 33.3 Å². The zero-order valence-corrected chi connectivity index (χ0v) is 19.7. The summed E-state index contributed by atoms with van der Waals surface area (Å²) in [6, 6.07) is 23.3. The lowest BCUT2D eigenvalue weighted by Gasteiger charge is -2.17. The fourth-order valence-corrected chi connectivity index (χ4v) is 4.91. The van der Waals surface area contributed by atoms with Crippen molar-refractivity contribution in [2.75, 3.05) is 23.3 Å². The Kier molecular flexibility index (Phi) is 7.09. The van der Waals surface area contributed by atoms with E-state index in [1.807, 2.05) is 61.5 Å². The lowest BCUT2D eigenvalue weighted by atomic mass is 10.1.